The van der Waals surface area contributed by atoms with Crippen molar-refractivity contribution in [2.45, 2.75) is 25.7 Å². The number of carbonyl (C=O) groups is 1. The Balaban J connectivity index is 0.00000370. The van der Waals surface area contributed by atoms with Crippen molar-refractivity contribution >= 4 is 34.9 Å². The van der Waals surface area contributed by atoms with Gasteiger partial charge in [-0.2, -0.15) is 5.26 Å². The molecule has 1 aliphatic rings. The van der Waals surface area contributed by atoms with E-state index in [9.17, 15) is 18.0 Å². The average molecular weight is 568 g/mol. The number of rotatable bonds is 5. The summed E-state index contributed by atoms with van der Waals surface area (Å²) in [5.41, 5.74) is 2.78. The maximum Gasteiger partial charge on any atom is 0.573 e. The summed E-state index contributed by atoms with van der Waals surface area (Å²) < 4.78 is 41.1. The predicted octanol–water partition coefficient (Wildman–Crippen LogP) is 5.77. The van der Waals surface area contributed by atoms with E-state index in [4.69, 9.17) is 5.26 Å². The Morgan fingerprint density at radius 2 is 1.68 bits per heavy atom. The van der Waals surface area contributed by atoms with Gasteiger partial charge < -0.3 is 14.5 Å². The normalized spacial score (nSPS) is 15.3. The van der Waals surface area contributed by atoms with Crippen molar-refractivity contribution in [3.05, 3.63) is 83.9 Å². The van der Waals surface area contributed by atoms with Gasteiger partial charge in [-0.25, -0.2) is 0 Å². The molecule has 0 bridgehead atoms. The highest BCUT2D eigenvalue weighted by Crippen LogP contribution is 2.32. The fourth-order valence-electron chi connectivity index (χ4n) is 4.84. The van der Waals surface area contributed by atoms with Crippen LogP contribution in [0.3, 0.4) is 0 Å². The molecule has 4 aromatic rings. The van der Waals surface area contributed by atoms with Crippen molar-refractivity contribution in [2.75, 3.05) is 24.5 Å². The molecule has 1 fully saturated rings. The van der Waals surface area contributed by atoms with Crippen LogP contribution in [0.25, 0.3) is 22.0 Å². The van der Waals surface area contributed by atoms with Crippen LogP contribution in [-0.4, -0.2) is 53.0 Å². The molecule has 0 radical (unpaired) electrons. The Hall–Kier alpha value is -4.36. The molecule has 1 atom stereocenters. The van der Waals surface area contributed by atoms with Crippen LogP contribution in [0.2, 0.25) is 0 Å². The van der Waals surface area contributed by atoms with Crippen molar-refractivity contribution in [3.8, 4) is 23.1 Å². The van der Waals surface area contributed by atoms with Crippen LogP contribution < -0.4 is 9.64 Å². The molecular formula is C29H25ClF3N5O2. The number of hydrogen-bond donors (Lipinski definition) is 0. The quantitative estimate of drug-likeness (QED) is 0.305. The van der Waals surface area contributed by atoms with E-state index in [1.807, 2.05) is 43.3 Å². The van der Waals surface area contributed by atoms with Gasteiger partial charge in [-0.3, -0.25) is 4.79 Å². The molecule has 0 unspecified atom stereocenters. The summed E-state index contributed by atoms with van der Waals surface area (Å²) in [6, 6.07) is 22.5. The first-order valence-corrected chi connectivity index (χ1v) is 12.4. The number of ether oxygens (including phenoxy) is 1. The predicted molar refractivity (Wildman–Crippen MR) is 147 cm³/mol. The minimum Gasteiger partial charge on any atom is -0.406 e. The third-order valence-corrected chi connectivity index (χ3v) is 6.71. The van der Waals surface area contributed by atoms with E-state index in [1.54, 1.807) is 17.0 Å². The minimum atomic E-state index is -4.76. The van der Waals surface area contributed by atoms with Crippen LogP contribution in [0.15, 0.2) is 72.8 Å². The molecule has 40 heavy (non-hydrogen) atoms. The van der Waals surface area contributed by atoms with Gasteiger partial charge >= 0.3 is 6.36 Å². The third-order valence-electron chi connectivity index (χ3n) is 6.71. The fraction of sp³-hybridized carbons (Fsp3) is 0.241. The number of anilines is 1. The van der Waals surface area contributed by atoms with Crippen LogP contribution in [-0.2, 0) is 11.2 Å². The van der Waals surface area contributed by atoms with E-state index in [0.29, 0.717) is 30.8 Å². The number of hydrogen-bond acceptors (Lipinski definition) is 6. The largest absolute Gasteiger partial charge is 0.573 e. The number of fused-ring (bicyclic) bond motifs is 1. The molecule has 0 aliphatic carbocycles. The van der Waals surface area contributed by atoms with Crippen molar-refractivity contribution < 1.29 is 22.7 Å². The molecule has 1 amide bonds. The molecule has 11 heteroatoms. The summed E-state index contributed by atoms with van der Waals surface area (Å²) in [6.07, 6.45) is -4.68. The van der Waals surface area contributed by atoms with E-state index in [1.165, 1.54) is 24.3 Å². The standard InChI is InChI=1S/C29H24F3N5O2.ClH/c1-19-18-36(14-15-37(19)26(38)16-20-8-12-23(13-9-20)39-29(30,31)32)28-25-5-3-2-4-24(25)27(34-35-28)22-10-6-21(17-33)7-11-22;/h2-13,19H,14-16,18H2,1H3;1H/t19-;/m0./s1. The van der Waals surface area contributed by atoms with Crippen molar-refractivity contribution in [1.29, 1.82) is 5.26 Å². The highest BCUT2D eigenvalue weighted by atomic mass is 35.5. The second-order valence-electron chi connectivity index (χ2n) is 9.36. The van der Waals surface area contributed by atoms with Crippen LogP contribution >= 0.6 is 12.4 Å². The zero-order valence-corrected chi connectivity index (χ0v) is 22.2. The summed E-state index contributed by atoms with van der Waals surface area (Å²) in [5, 5.41) is 20.1. The van der Waals surface area contributed by atoms with Crippen LogP contribution in [0.5, 0.6) is 5.75 Å². The van der Waals surface area contributed by atoms with Crippen molar-refractivity contribution in [1.82, 2.24) is 15.1 Å². The summed E-state index contributed by atoms with van der Waals surface area (Å²) >= 11 is 0. The SMILES string of the molecule is C[C@H]1CN(c2nnc(-c3ccc(C#N)cc3)c3ccccc23)CCN1C(=O)Cc1ccc(OC(F)(F)F)cc1.Cl. The van der Waals surface area contributed by atoms with Gasteiger partial charge in [0.15, 0.2) is 5.82 Å². The average Bonchev–Trinajstić information content (AvgIpc) is 2.92. The lowest BCUT2D eigenvalue weighted by atomic mass is 10.0. The van der Waals surface area contributed by atoms with Gasteiger partial charge in [-0.05, 0) is 36.8 Å². The minimum absolute atomic E-state index is 0. The first kappa shape index (κ1) is 28.6. The van der Waals surface area contributed by atoms with Crippen LogP contribution in [0, 0.1) is 11.3 Å². The zero-order chi connectivity index (χ0) is 27.6. The summed E-state index contributed by atoms with van der Waals surface area (Å²) in [7, 11) is 0. The van der Waals surface area contributed by atoms with Crippen molar-refractivity contribution in [3.63, 3.8) is 0 Å². The van der Waals surface area contributed by atoms with Gasteiger partial charge in [-0.1, -0.05) is 48.5 Å². The fourth-order valence-corrected chi connectivity index (χ4v) is 4.84. The number of nitriles is 1. The van der Waals surface area contributed by atoms with Gasteiger partial charge in [0.25, 0.3) is 0 Å². The molecular weight excluding hydrogens is 543 g/mol. The van der Waals surface area contributed by atoms with E-state index >= 15 is 0 Å². The molecule has 2 heterocycles. The highest BCUT2D eigenvalue weighted by Gasteiger charge is 2.31. The number of carbonyl (C=O) groups excluding carboxylic acids is 1. The first-order chi connectivity index (χ1) is 18.7. The van der Waals surface area contributed by atoms with Crippen molar-refractivity contribution in [2.24, 2.45) is 0 Å². The molecule has 5 rings (SSSR count). The summed E-state index contributed by atoms with van der Waals surface area (Å²) in [6.45, 7) is 3.55. The summed E-state index contributed by atoms with van der Waals surface area (Å²) in [4.78, 5) is 17.0. The van der Waals surface area contributed by atoms with Gasteiger partial charge in [0.1, 0.15) is 11.4 Å². The number of nitrogens with zero attached hydrogens (tertiary/aromatic N) is 5. The van der Waals surface area contributed by atoms with Crippen LogP contribution in [0.4, 0.5) is 19.0 Å². The van der Waals surface area contributed by atoms with Gasteiger partial charge in [-0.15, -0.1) is 35.8 Å². The third kappa shape index (κ3) is 6.26. The van der Waals surface area contributed by atoms with E-state index in [-0.39, 0.29) is 36.5 Å². The number of halogens is 4. The van der Waals surface area contributed by atoms with Gasteiger partial charge in [0.2, 0.25) is 5.91 Å². The van der Waals surface area contributed by atoms with Gasteiger partial charge in [0, 0.05) is 42.0 Å². The number of piperazine rings is 1. The lowest BCUT2D eigenvalue weighted by Crippen LogP contribution is -2.54. The topological polar surface area (TPSA) is 82.4 Å². The molecule has 206 valence electrons. The van der Waals surface area contributed by atoms with E-state index in [2.05, 4.69) is 25.9 Å². The lowest BCUT2D eigenvalue weighted by molar-refractivity contribution is -0.274. The Bertz CT molecular complexity index is 1540. The van der Waals surface area contributed by atoms with E-state index in [0.717, 1.165) is 27.8 Å². The lowest BCUT2D eigenvalue weighted by Gasteiger charge is -2.40. The monoisotopic (exact) mass is 567 g/mol. The number of aromatic nitrogens is 2. The Morgan fingerprint density at radius 1 is 1.00 bits per heavy atom. The molecule has 0 saturated carbocycles. The molecule has 0 N–H and O–H groups in total. The molecule has 1 saturated heterocycles. The van der Waals surface area contributed by atoms with Gasteiger partial charge in [0.05, 0.1) is 18.1 Å². The zero-order valence-electron chi connectivity index (χ0n) is 21.4. The number of amides is 1. The Labute approximate surface area is 235 Å². The summed E-state index contributed by atoms with van der Waals surface area (Å²) in [5.74, 6) is 0.320. The molecule has 7 nitrogen and oxygen atoms in total. The second kappa shape index (κ2) is 11.8. The molecule has 3 aromatic carbocycles. The maximum absolute atomic E-state index is 13.0. The molecule has 1 aromatic heterocycles. The maximum atomic E-state index is 13.0. The number of benzene rings is 3. The Morgan fingerprint density at radius 3 is 2.30 bits per heavy atom. The number of alkyl halides is 3. The second-order valence-corrected chi connectivity index (χ2v) is 9.36. The Kier molecular flexibility index (Phi) is 8.45. The molecule has 1 aliphatic heterocycles. The first-order valence-electron chi connectivity index (χ1n) is 12.4. The smallest absolute Gasteiger partial charge is 0.406 e. The van der Waals surface area contributed by atoms with Crippen LogP contribution in [0.1, 0.15) is 18.1 Å². The van der Waals surface area contributed by atoms with E-state index < -0.39 is 6.36 Å². The molecule has 0 spiro atoms. The highest BCUT2D eigenvalue weighted by molar-refractivity contribution is 6.00.